The number of benzene rings is 1. The van der Waals surface area contributed by atoms with Crippen LogP contribution in [-0.4, -0.2) is 114 Å². The van der Waals surface area contributed by atoms with E-state index in [0.717, 1.165) is 0 Å². The second kappa shape index (κ2) is 19.0. The molecule has 1 saturated heterocycles. The molecule has 282 valence electrons. The van der Waals surface area contributed by atoms with Crippen molar-refractivity contribution in [2.45, 2.75) is 96.1 Å². The molecule has 17 nitrogen and oxygen atoms in total. The molecule has 3 aliphatic rings. The van der Waals surface area contributed by atoms with Gasteiger partial charge in [0.2, 0.25) is 35.4 Å². The molecule has 2 bridgehead atoms. The van der Waals surface area contributed by atoms with Gasteiger partial charge in [0.15, 0.2) is 6.61 Å². The van der Waals surface area contributed by atoms with Crippen LogP contribution < -0.4 is 42.8 Å². The van der Waals surface area contributed by atoms with Crippen molar-refractivity contribution in [2.24, 2.45) is 23.3 Å². The van der Waals surface area contributed by atoms with Crippen molar-refractivity contribution in [3.05, 3.63) is 29.8 Å². The zero-order valence-corrected chi connectivity index (χ0v) is 29.6. The number of likely N-dealkylation sites (tertiary alicyclic amines) is 1. The van der Waals surface area contributed by atoms with Crippen molar-refractivity contribution in [1.82, 2.24) is 31.5 Å². The van der Waals surface area contributed by atoms with Crippen molar-refractivity contribution in [1.29, 1.82) is 0 Å². The van der Waals surface area contributed by atoms with Gasteiger partial charge in [-0.2, -0.15) is 0 Å². The lowest BCUT2D eigenvalue weighted by Crippen LogP contribution is -2.59. The first-order chi connectivity index (χ1) is 24.1. The number of carbonyl (C=O) groups is 7. The van der Waals surface area contributed by atoms with Crippen molar-refractivity contribution in [2.75, 3.05) is 26.2 Å². The second-order valence-corrected chi connectivity index (χ2v) is 13.5. The van der Waals surface area contributed by atoms with Crippen LogP contribution in [-0.2, 0) is 40.0 Å². The normalized spacial score (nSPS) is 22.8. The molecule has 0 radical (unpaired) electrons. The third-order valence-electron chi connectivity index (χ3n) is 9.20. The van der Waals surface area contributed by atoms with Gasteiger partial charge in [-0.1, -0.05) is 46.2 Å². The number of ether oxygens (including phenoxy) is 1. The van der Waals surface area contributed by atoms with E-state index in [1.807, 2.05) is 13.8 Å². The number of nitrogens with one attached hydrogen (secondary N) is 5. The second-order valence-electron chi connectivity index (χ2n) is 13.5. The highest BCUT2D eigenvalue weighted by atomic mass is 16.5. The summed E-state index contributed by atoms with van der Waals surface area (Å²) < 4.78 is 5.48. The minimum absolute atomic E-state index is 0.0413. The van der Waals surface area contributed by atoms with Gasteiger partial charge in [-0.15, -0.1) is 0 Å². The minimum Gasteiger partial charge on any atom is -0.484 e. The third-order valence-corrected chi connectivity index (χ3v) is 9.20. The molecule has 7 amide bonds. The molecule has 0 spiro atoms. The Morgan fingerprint density at radius 3 is 2.29 bits per heavy atom. The summed E-state index contributed by atoms with van der Waals surface area (Å²) in [5, 5.41) is 24.7. The fourth-order valence-electron chi connectivity index (χ4n) is 6.05. The zero-order valence-electron chi connectivity index (χ0n) is 29.6. The van der Waals surface area contributed by atoms with Gasteiger partial charge in [0, 0.05) is 6.54 Å². The van der Waals surface area contributed by atoms with Gasteiger partial charge >= 0.3 is 0 Å². The molecular formula is C34H52N8O9. The number of β-amino-alcohol motifs (C(OH)–C–C–N with tert-alkyl or cyclic N) is 1. The number of hydrogen-bond donors (Lipinski definition) is 8. The molecular weight excluding hydrogens is 664 g/mol. The maximum atomic E-state index is 13.7. The summed E-state index contributed by atoms with van der Waals surface area (Å²) in [5.41, 5.74) is 11.5. The summed E-state index contributed by atoms with van der Waals surface area (Å²) in [6, 6.07) is 1.76. The van der Waals surface area contributed by atoms with Crippen LogP contribution in [0.5, 0.6) is 5.75 Å². The largest absolute Gasteiger partial charge is 0.484 e. The van der Waals surface area contributed by atoms with Gasteiger partial charge in [0.05, 0.1) is 31.2 Å². The number of aliphatic hydroxyl groups is 1. The van der Waals surface area contributed by atoms with Crippen LogP contribution in [0, 0.1) is 11.8 Å². The van der Waals surface area contributed by atoms with Crippen molar-refractivity contribution in [3.8, 4) is 5.75 Å². The Bertz CT molecular complexity index is 1420. The van der Waals surface area contributed by atoms with Crippen molar-refractivity contribution < 1.29 is 43.4 Å². The number of amides is 7. The summed E-state index contributed by atoms with van der Waals surface area (Å²) in [6.45, 7) is 6.76. The number of aliphatic hydroxyl groups excluding tert-OH is 1. The number of fused-ring (bicyclic) bond motifs is 13. The highest BCUT2D eigenvalue weighted by Crippen LogP contribution is 2.21. The standard InChI is InChI=1S/C34H52N8O9/c1-5-19(4)30(34(50)40-29(18(2)3)31(36)47)41-33(49)24-7-6-12-42(24)16-25(43)22-13-20-8-10-21(11-9-20)51-17-28(46)37-15-27(45)38-23(14-26(35)44)32(48)39-22/h8-11,18-19,22-25,29-30,43H,5-7,12-17H2,1-4H3,(H2,35,44)(H2,36,47)(H,37,46)(H,38,45)(H,39,48)(H,40,50)(H,41,49)/t19-,22-,23-,24-,25-,29-,30?/m0/s1. The molecule has 3 heterocycles. The van der Waals surface area contributed by atoms with Crippen molar-refractivity contribution in [3.63, 3.8) is 0 Å². The van der Waals surface area contributed by atoms with E-state index in [1.54, 1.807) is 43.0 Å². The minimum atomic E-state index is -1.40. The van der Waals surface area contributed by atoms with Gasteiger partial charge in [0.1, 0.15) is 23.9 Å². The number of rotatable bonds is 13. The van der Waals surface area contributed by atoms with Crippen LogP contribution in [0.4, 0.5) is 0 Å². The highest BCUT2D eigenvalue weighted by molar-refractivity contribution is 5.94. The first-order valence-corrected chi connectivity index (χ1v) is 17.3. The van der Waals surface area contributed by atoms with E-state index in [9.17, 15) is 38.7 Å². The maximum Gasteiger partial charge on any atom is 0.258 e. The molecule has 3 aliphatic heterocycles. The summed E-state index contributed by atoms with van der Waals surface area (Å²) in [4.78, 5) is 90.7. The highest BCUT2D eigenvalue weighted by Gasteiger charge is 2.38. The number of carbonyl (C=O) groups excluding carboxylic acids is 7. The van der Waals surface area contributed by atoms with E-state index >= 15 is 0 Å². The molecule has 51 heavy (non-hydrogen) atoms. The van der Waals surface area contributed by atoms with E-state index in [1.165, 1.54) is 0 Å². The lowest BCUT2D eigenvalue weighted by molar-refractivity contribution is -0.134. The Balaban J connectivity index is 1.82. The van der Waals surface area contributed by atoms with E-state index in [0.29, 0.717) is 37.1 Å². The van der Waals surface area contributed by atoms with Crippen molar-refractivity contribution >= 4 is 41.4 Å². The summed E-state index contributed by atoms with van der Waals surface area (Å²) in [5.74, 6) is -4.74. The molecule has 0 saturated carbocycles. The molecule has 1 aromatic rings. The van der Waals surface area contributed by atoms with Gasteiger partial charge < -0.3 is 47.9 Å². The van der Waals surface area contributed by atoms with Crippen LogP contribution in [0.1, 0.15) is 58.9 Å². The quantitative estimate of drug-likeness (QED) is 0.100. The molecule has 1 aromatic carbocycles. The zero-order chi connectivity index (χ0) is 37.8. The average molecular weight is 717 g/mol. The lowest BCUT2D eigenvalue weighted by Gasteiger charge is -2.33. The number of primary amides is 2. The third kappa shape index (κ3) is 12.2. The molecule has 17 heteroatoms. The van der Waals surface area contributed by atoms with Gasteiger partial charge in [-0.25, -0.2) is 0 Å². The lowest BCUT2D eigenvalue weighted by atomic mass is 9.96. The van der Waals surface area contributed by atoms with Crippen LogP contribution in [0.3, 0.4) is 0 Å². The van der Waals surface area contributed by atoms with E-state index < -0.39 is 90.6 Å². The first-order valence-electron chi connectivity index (χ1n) is 17.3. The Hall–Kier alpha value is -4.77. The van der Waals surface area contributed by atoms with E-state index in [-0.39, 0.29) is 31.4 Å². The van der Waals surface area contributed by atoms with Gasteiger partial charge in [-0.05, 0) is 55.3 Å². The predicted molar refractivity (Wildman–Crippen MR) is 184 cm³/mol. The SMILES string of the molecule is CC[C@H](C)C(NC(=O)[C@@H]1CCCN1C[C@H](O)[C@@H]1Cc2ccc(cc2)OCC(=O)NCC(=O)N[C@@H](CC(N)=O)C(=O)N1)C(=O)N[C@H](C(N)=O)C(C)C. The molecule has 0 aliphatic carbocycles. The predicted octanol–water partition coefficient (Wildman–Crippen LogP) is -2.43. The monoisotopic (exact) mass is 716 g/mol. The number of hydrogen-bond acceptors (Lipinski definition) is 10. The fourth-order valence-corrected chi connectivity index (χ4v) is 6.05. The molecule has 7 atom stereocenters. The molecule has 10 N–H and O–H groups in total. The molecule has 4 rings (SSSR count). The topological polar surface area (TPSA) is 264 Å². The molecule has 0 aromatic heterocycles. The molecule has 1 fully saturated rings. The van der Waals surface area contributed by atoms with Gasteiger partial charge in [-0.3, -0.25) is 38.5 Å². The Morgan fingerprint density at radius 1 is 1.00 bits per heavy atom. The summed E-state index contributed by atoms with van der Waals surface area (Å²) in [7, 11) is 0. The smallest absolute Gasteiger partial charge is 0.258 e. The Kier molecular flexibility index (Phi) is 15.2. The van der Waals surface area contributed by atoms with Crippen LogP contribution in [0.25, 0.3) is 0 Å². The van der Waals surface area contributed by atoms with Crippen LogP contribution in [0.15, 0.2) is 24.3 Å². The van der Waals surface area contributed by atoms with Crippen LogP contribution in [0.2, 0.25) is 0 Å². The Labute approximate surface area is 297 Å². The molecule has 1 unspecified atom stereocenters. The number of nitrogens with zero attached hydrogens (tertiary/aromatic N) is 1. The maximum absolute atomic E-state index is 13.7. The number of nitrogens with two attached hydrogens (primary N) is 2. The average Bonchev–Trinajstić information content (AvgIpc) is 3.54. The van der Waals surface area contributed by atoms with E-state index in [2.05, 4.69) is 26.6 Å². The Morgan fingerprint density at radius 2 is 1.69 bits per heavy atom. The summed E-state index contributed by atoms with van der Waals surface area (Å²) >= 11 is 0. The van der Waals surface area contributed by atoms with E-state index in [4.69, 9.17) is 16.2 Å². The van der Waals surface area contributed by atoms with Gasteiger partial charge in [0.25, 0.3) is 5.91 Å². The summed E-state index contributed by atoms with van der Waals surface area (Å²) in [6.07, 6.45) is -0.0211. The fraction of sp³-hybridized carbons (Fsp3) is 0.618. The first kappa shape index (κ1) is 40.7. The van der Waals surface area contributed by atoms with Crippen LogP contribution >= 0.6 is 0 Å².